The largest absolute Gasteiger partial charge is 1.00 e. The molecular weight excluding hydrogens is 184 g/mol. The van der Waals surface area contributed by atoms with Gasteiger partial charge in [0, 0.05) is 5.56 Å². The molecule has 1 aromatic carbocycles. The first kappa shape index (κ1) is 12.6. The quantitative estimate of drug-likeness (QED) is 0.390. The van der Waals surface area contributed by atoms with Crippen LogP contribution in [0.5, 0.6) is 0 Å². The van der Waals surface area contributed by atoms with Crippen molar-refractivity contribution in [3.05, 3.63) is 35.9 Å². The average molecular weight is 191 g/mol. The van der Waals surface area contributed by atoms with Crippen LogP contribution in [0.25, 0.3) is 0 Å². The van der Waals surface area contributed by atoms with Crippen molar-refractivity contribution >= 4 is 5.97 Å². The number of carboxylic acids is 1. The minimum Gasteiger partial charge on any atom is -0.545 e. The smallest absolute Gasteiger partial charge is 0.545 e. The maximum atomic E-state index is 13.1. The van der Waals surface area contributed by atoms with E-state index in [1.165, 1.54) is 24.3 Å². The van der Waals surface area contributed by atoms with E-state index >= 15 is 0 Å². The molecule has 1 aromatic rings. The predicted octanol–water partition coefficient (Wildman–Crippen LogP) is -3.48. The number of carbonyl (C=O) groups excluding carboxylic acids is 1. The molecule has 5 heteroatoms. The number of hydrogen-bond donors (Lipinski definition) is 1. The van der Waals surface area contributed by atoms with Crippen LogP contribution >= 0.6 is 0 Å². The zero-order valence-electron chi connectivity index (χ0n) is 7.16. The fourth-order valence-corrected chi connectivity index (χ4v) is 0.799. The molecule has 0 saturated heterocycles. The topological polar surface area (TPSA) is 66.2 Å². The summed E-state index contributed by atoms with van der Waals surface area (Å²) in [6.07, 6.45) is 0. The summed E-state index contributed by atoms with van der Waals surface area (Å²) >= 11 is 0. The summed E-state index contributed by atoms with van der Waals surface area (Å²) in [6.45, 7) is 0. The minimum atomic E-state index is -2.90. The number of benzene rings is 1. The molecular formula is C8H7FNNaO2. The summed E-state index contributed by atoms with van der Waals surface area (Å²) in [5, 5.41) is 10.2. The molecule has 1 rings (SSSR count). The number of nitrogens with two attached hydrogens (primary N) is 1. The van der Waals surface area contributed by atoms with Crippen molar-refractivity contribution in [3.8, 4) is 0 Å². The third kappa shape index (κ3) is 2.77. The molecule has 0 spiro atoms. The van der Waals surface area contributed by atoms with Gasteiger partial charge in [-0.3, -0.25) is 5.73 Å². The van der Waals surface area contributed by atoms with E-state index in [1.54, 1.807) is 6.07 Å². The van der Waals surface area contributed by atoms with Crippen molar-refractivity contribution in [1.82, 2.24) is 0 Å². The summed E-state index contributed by atoms with van der Waals surface area (Å²) in [5.74, 6) is -4.84. The van der Waals surface area contributed by atoms with Gasteiger partial charge in [0.05, 0.1) is 5.97 Å². The minimum absolute atomic E-state index is 0. The summed E-state index contributed by atoms with van der Waals surface area (Å²) in [7, 11) is 0. The molecule has 13 heavy (non-hydrogen) atoms. The number of carbonyl (C=O) groups is 1. The molecule has 0 heterocycles. The molecule has 0 radical (unpaired) electrons. The Balaban J connectivity index is 0.00000144. The Labute approximate surface area is 97.0 Å². The normalized spacial score (nSPS) is 14.0. The zero-order valence-corrected chi connectivity index (χ0v) is 9.16. The molecule has 64 valence electrons. The van der Waals surface area contributed by atoms with E-state index in [0.29, 0.717) is 0 Å². The van der Waals surface area contributed by atoms with E-state index in [-0.39, 0.29) is 35.1 Å². The Morgan fingerprint density at radius 1 is 1.38 bits per heavy atom. The number of aliphatic carboxylic acids is 1. The SMILES string of the molecule is NC(F)(C(=O)[O-])c1ccccc1.[Na+]. The molecule has 0 aromatic heterocycles. The van der Waals surface area contributed by atoms with Crippen molar-refractivity contribution in [3.63, 3.8) is 0 Å². The Morgan fingerprint density at radius 3 is 2.23 bits per heavy atom. The van der Waals surface area contributed by atoms with Crippen molar-refractivity contribution in [2.45, 2.75) is 5.79 Å². The van der Waals surface area contributed by atoms with Crippen LogP contribution in [0.15, 0.2) is 30.3 Å². The molecule has 0 amide bonds. The number of hydrogen-bond acceptors (Lipinski definition) is 3. The molecule has 0 bridgehead atoms. The third-order valence-electron chi connectivity index (χ3n) is 1.49. The molecule has 1 atom stereocenters. The van der Waals surface area contributed by atoms with E-state index in [4.69, 9.17) is 5.73 Å². The first-order valence-electron chi connectivity index (χ1n) is 3.30. The Hall–Kier alpha value is -0.420. The summed E-state index contributed by atoms with van der Waals surface area (Å²) in [6, 6.07) is 7.21. The van der Waals surface area contributed by atoms with Gasteiger partial charge in [-0.05, 0) is 0 Å². The second-order valence-corrected chi connectivity index (χ2v) is 2.37. The number of carboxylic acid groups (broad SMARTS) is 1. The van der Waals surface area contributed by atoms with Gasteiger partial charge in [-0.1, -0.05) is 30.3 Å². The fourth-order valence-electron chi connectivity index (χ4n) is 0.799. The number of halogens is 1. The van der Waals surface area contributed by atoms with Gasteiger partial charge in [-0.15, -0.1) is 0 Å². The van der Waals surface area contributed by atoms with Crippen molar-refractivity contribution < 1.29 is 43.8 Å². The van der Waals surface area contributed by atoms with Crippen LogP contribution in [-0.4, -0.2) is 5.97 Å². The summed E-state index contributed by atoms with van der Waals surface area (Å²) in [4.78, 5) is 10.2. The van der Waals surface area contributed by atoms with Gasteiger partial charge in [0.25, 0.3) is 0 Å². The molecule has 0 aliphatic carbocycles. The van der Waals surface area contributed by atoms with Gasteiger partial charge < -0.3 is 9.90 Å². The van der Waals surface area contributed by atoms with Crippen LogP contribution in [0, 0.1) is 0 Å². The summed E-state index contributed by atoms with van der Waals surface area (Å²) in [5.41, 5.74) is 4.73. The van der Waals surface area contributed by atoms with Crippen LogP contribution in [0.3, 0.4) is 0 Å². The molecule has 0 saturated carbocycles. The van der Waals surface area contributed by atoms with Gasteiger partial charge >= 0.3 is 29.6 Å². The Kier molecular flexibility index (Phi) is 4.56. The van der Waals surface area contributed by atoms with Crippen LogP contribution < -0.4 is 40.4 Å². The second-order valence-electron chi connectivity index (χ2n) is 2.37. The molecule has 0 aliphatic heterocycles. The van der Waals surface area contributed by atoms with E-state index in [9.17, 15) is 14.3 Å². The van der Waals surface area contributed by atoms with E-state index in [0.717, 1.165) is 0 Å². The second kappa shape index (κ2) is 4.72. The van der Waals surface area contributed by atoms with E-state index in [1.807, 2.05) is 0 Å². The van der Waals surface area contributed by atoms with Gasteiger partial charge in [0.2, 0.25) is 5.79 Å². The van der Waals surface area contributed by atoms with Crippen LogP contribution in [0.4, 0.5) is 4.39 Å². The molecule has 2 N–H and O–H groups in total. The molecule has 0 aliphatic rings. The molecule has 0 fully saturated rings. The number of rotatable bonds is 2. The van der Waals surface area contributed by atoms with E-state index < -0.39 is 11.8 Å². The third-order valence-corrected chi connectivity index (χ3v) is 1.49. The first-order valence-corrected chi connectivity index (χ1v) is 3.30. The standard InChI is InChI=1S/C8H8FNO2.Na/c9-8(10,7(11)12)6-4-2-1-3-5-6;/h1-5H,10H2,(H,11,12);/q;+1/p-1. The summed E-state index contributed by atoms with van der Waals surface area (Å²) < 4.78 is 13.1. The monoisotopic (exact) mass is 191 g/mol. The Bertz CT molecular complexity index is 289. The van der Waals surface area contributed by atoms with Gasteiger partial charge in [0.15, 0.2) is 0 Å². The van der Waals surface area contributed by atoms with Crippen LogP contribution in [0.1, 0.15) is 5.56 Å². The Morgan fingerprint density at radius 2 is 1.85 bits per heavy atom. The molecule has 1 unspecified atom stereocenters. The van der Waals surface area contributed by atoms with Crippen molar-refractivity contribution in [2.24, 2.45) is 5.73 Å². The number of alkyl halides is 1. The first-order chi connectivity index (χ1) is 5.55. The van der Waals surface area contributed by atoms with E-state index in [2.05, 4.69) is 0 Å². The van der Waals surface area contributed by atoms with Gasteiger partial charge in [-0.25, -0.2) is 4.39 Å². The maximum absolute atomic E-state index is 13.1. The predicted molar refractivity (Wildman–Crippen MR) is 38.4 cm³/mol. The van der Waals surface area contributed by atoms with Crippen molar-refractivity contribution in [1.29, 1.82) is 0 Å². The van der Waals surface area contributed by atoms with Crippen molar-refractivity contribution in [2.75, 3.05) is 0 Å². The fraction of sp³-hybridized carbons (Fsp3) is 0.125. The maximum Gasteiger partial charge on any atom is 1.00 e. The molecule has 3 nitrogen and oxygen atoms in total. The van der Waals surface area contributed by atoms with Crippen LogP contribution in [0.2, 0.25) is 0 Å². The average Bonchev–Trinajstić information content (AvgIpc) is 2.06. The van der Waals surface area contributed by atoms with Crippen LogP contribution in [-0.2, 0) is 10.6 Å². The zero-order chi connectivity index (χ0) is 9.19. The van der Waals surface area contributed by atoms with Gasteiger partial charge in [-0.2, -0.15) is 0 Å². The van der Waals surface area contributed by atoms with Gasteiger partial charge in [0.1, 0.15) is 0 Å².